The predicted octanol–water partition coefficient (Wildman–Crippen LogP) is 1.71. The van der Waals surface area contributed by atoms with Crippen molar-refractivity contribution >= 4 is 11.9 Å². The van der Waals surface area contributed by atoms with E-state index in [2.05, 4.69) is 9.47 Å². The largest absolute Gasteiger partial charge is 0.469 e. The number of unbranched alkanes of at least 4 members (excludes halogenated alkanes) is 1. The van der Waals surface area contributed by atoms with Crippen molar-refractivity contribution < 1.29 is 24.0 Å². The Morgan fingerprint density at radius 2 is 1.47 bits per heavy atom. The maximum atomic E-state index is 10.9. The molecule has 19 heavy (non-hydrogen) atoms. The van der Waals surface area contributed by atoms with Crippen LogP contribution in [-0.4, -0.2) is 37.1 Å². The van der Waals surface area contributed by atoms with Crippen molar-refractivity contribution in [3.05, 3.63) is 10.1 Å². The molecule has 0 aliphatic carbocycles. The highest BCUT2D eigenvalue weighted by molar-refractivity contribution is 5.69. The molecule has 0 N–H and O–H groups in total. The van der Waals surface area contributed by atoms with Gasteiger partial charge in [0.1, 0.15) is 0 Å². The van der Waals surface area contributed by atoms with E-state index in [9.17, 15) is 19.7 Å². The zero-order chi connectivity index (χ0) is 14.7. The van der Waals surface area contributed by atoms with Crippen molar-refractivity contribution in [3.63, 3.8) is 0 Å². The zero-order valence-corrected chi connectivity index (χ0v) is 11.4. The first-order chi connectivity index (χ1) is 9.01. The third kappa shape index (κ3) is 8.98. The van der Waals surface area contributed by atoms with Gasteiger partial charge in [0.15, 0.2) is 0 Å². The highest BCUT2D eigenvalue weighted by atomic mass is 16.6. The minimum atomic E-state index is -0.665. The normalized spacial score (nSPS) is 11.7. The van der Waals surface area contributed by atoms with Crippen LogP contribution < -0.4 is 0 Å². The fraction of sp³-hybridized carbons (Fsp3) is 0.833. The molecule has 0 amide bonds. The molecule has 0 radical (unpaired) electrons. The van der Waals surface area contributed by atoms with Crippen molar-refractivity contribution in [1.82, 2.24) is 0 Å². The van der Waals surface area contributed by atoms with Crippen molar-refractivity contribution in [2.24, 2.45) is 0 Å². The van der Waals surface area contributed by atoms with Gasteiger partial charge in [-0.3, -0.25) is 19.7 Å². The summed E-state index contributed by atoms with van der Waals surface area (Å²) in [5.74, 6) is -0.656. The minimum absolute atomic E-state index is 0.197. The average Bonchev–Trinajstić information content (AvgIpc) is 2.40. The van der Waals surface area contributed by atoms with E-state index in [1.54, 1.807) is 0 Å². The van der Waals surface area contributed by atoms with E-state index < -0.39 is 6.04 Å². The number of carbonyl (C=O) groups excluding carboxylic acids is 2. The number of carbonyl (C=O) groups is 2. The van der Waals surface area contributed by atoms with Crippen LogP contribution in [-0.2, 0) is 19.1 Å². The van der Waals surface area contributed by atoms with E-state index in [1.807, 2.05) is 0 Å². The second-order valence-electron chi connectivity index (χ2n) is 4.23. The third-order valence-corrected chi connectivity index (χ3v) is 2.84. The molecular formula is C12H21NO6. The monoisotopic (exact) mass is 275 g/mol. The minimum Gasteiger partial charge on any atom is -0.469 e. The van der Waals surface area contributed by atoms with Gasteiger partial charge in [-0.25, -0.2) is 0 Å². The summed E-state index contributed by atoms with van der Waals surface area (Å²) in [6.07, 6.45) is 2.85. The molecule has 0 saturated carbocycles. The van der Waals surface area contributed by atoms with Crippen molar-refractivity contribution in [1.29, 1.82) is 0 Å². The fourth-order valence-electron chi connectivity index (χ4n) is 1.69. The molecule has 0 rings (SSSR count). The highest BCUT2D eigenvalue weighted by Gasteiger charge is 2.19. The van der Waals surface area contributed by atoms with Crippen LogP contribution in [0.5, 0.6) is 0 Å². The molecule has 0 bridgehead atoms. The lowest BCUT2D eigenvalue weighted by atomic mass is 10.0. The van der Waals surface area contributed by atoms with Crippen LogP contribution in [0.15, 0.2) is 0 Å². The fourth-order valence-corrected chi connectivity index (χ4v) is 1.69. The van der Waals surface area contributed by atoms with Gasteiger partial charge in [-0.2, -0.15) is 0 Å². The van der Waals surface area contributed by atoms with Crippen LogP contribution in [0.4, 0.5) is 0 Å². The molecule has 1 atom stereocenters. The lowest BCUT2D eigenvalue weighted by molar-refractivity contribution is -0.524. The average molecular weight is 275 g/mol. The summed E-state index contributed by atoms with van der Waals surface area (Å²) in [7, 11) is 2.61. The first-order valence-electron chi connectivity index (χ1n) is 6.28. The van der Waals surface area contributed by atoms with E-state index in [4.69, 9.17) is 0 Å². The summed E-state index contributed by atoms with van der Waals surface area (Å²) in [6.45, 7) is 0. The number of ether oxygens (including phenoxy) is 2. The van der Waals surface area contributed by atoms with Gasteiger partial charge in [-0.05, 0) is 19.3 Å². The first kappa shape index (κ1) is 17.3. The SMILES string of the molecule is COC(=O)CCCCC(CCCC(=O)OC)[N+](=O)[O-]. The Kier molecular flexibility index (Phi) is 9.38. The lowest BCUT2D eigenvalue weighted by Crippen LogP contribution is -2.20. The molecule has 0 aromatic rings. The Morgan fingerprint density at radius 3 is 1.95 bits per heavy atom. The summed E-state index contributed by atoms with van der Waals surface area (Å²) in [4.78, 5) is 32.3. The topological polar surface area (TPSA) is 95.7 Å². The molecule has 1 unspecified atom stereocenters. The van der Waals surface area contributed by atoms with Gasteiger partial charge in [0, 0.05) is 30.6 Å². The summed E-state index contributed by atoms with van der Waals surface area (Å²) in [5.41, 5.74) is 0. The van der Waals surface area contributed by atoms with Gasteiger partial charge in [0.25, 0.3) is 0 Å². The first-order valence-corrected chi connectivity index (χ1v) is 6.28. The van der Waals surface area contributed by atoms with Crippen LogP contribution in [0.1, 0.15) is 44.9 Å². The van der Waals surface area contributed by atoms with E-state index in [-0.39, 0.29) is 29.7 Å². The molecule has 0 spiro atoms. The van der Waals surface area contributed by atoms with E-state index in [0.717, 1.165) is 0 Å². The number of hydrogen-bond donors (Lipinski definition) is 0. The summed E-state index contributed by atoms with van der Waals surface area (Å²) < 4.78 is 8.95. The van der Waals surface area contributed by atoms with Crippen LogP contribution >= 0.6 is 0 Å². The molecule has 0 aromatic carbocycles. The van der Waals surface area contributed by atoms with Gasteiger partial charge >= 0.3 is 11.9 Å². The van der Waals surface area contributed by atoms with Crippen LogP contribution in [0.3, 0.4) is 0 Å². The van der Waals surface area contributed by atoms with Gasteiger partial charge < -0.3 is 9.47 Å². The predicted molar refractivity (Wildman–Crippen MR) is 67.1 cm³/mol. The Hall–Kier alpha value is -1.66. The van der Waals surface area contributed by atoms with E-state index >= 15 is 0 Å². The van der Waals surface area contributed by atoms with Gasteiger partial charge in [0.2, 0.25) is 6.04 Å². The number of nitro groups is 1. The number of rotatable bonds is 10. The van der Waals surface area contributed by atoms with Crippen LogP contribution in [0, 0.1) is 10.1 Å². The van der Waals surface area contributed by atoms with Crippen molar-refractivity contribution in [2.75, 3.05) is 14.2 Å². The maximum absolute atomic E-state index is 10.9. The standard InChI is InChI=1S/C12H21NO6/c1-18-11(14)8-4-3-6-10(13(16)17)7-5-9-12(15)19-2/h10H,3-9H2,1-2H3. The molecule has 0 heterocycles. The van der Waals surface area contributed by atoms with Gasteiger partial charge in [-0.15, -0.1) is 0 Å². The number of hydrogen-bond acceptors (Lipinski definition) is 6. The number of methoxy groups -OCH3 is 2. The smallest absolute Gasteiger partial charge is 0.305 e. The van der Waals surface area contributed by atoms with Gasteiger partial charge in [0.05, 0.1) is 14.2 Å². The Bertz CT molecular complexity index is 305. The van der Waals surface area contributed by atoms with Gasteiger partial charge in [-0.1, -0.05) is 0 Å². The third-order valence-electron chi connectivity index (χ3n) is 2.84. The summed E-state index contributed by atoms with van der Waals surface area (Å²) in [5, 5.41) is 10.8. The molecule has 0 saturated heterocycles. The molecule has 0 aromatic heterocycles. The Morgan fingerprint density at radius 1 is 1.00 bits per heavy atom. The molecule has 0 aliphatic heterocycles. The lowest BCUT2D eigenvalue weighted by Gasteiger charge is -2.08. The van der Waals surface area contributed by atoms with Crippen molar-refractivity contribution in [3.8, 4) is 0 Å². The van der Waals surface area contributed by atoms with E-state index in [1.165, 1.54) is 14.2 Å². The summed E-state index contributed by atoms with van der Waals surface area (Å²) >= 11 is 0. The summed E-state index contributed by atoms with van der Waals surface area (Å²) in [6, 6.07) is -0.665. The van der Waals surface area contributed by atoms with Crippen molar-refractivity contribution in [2.45, 2.75) is 51.0 Å². The van der Waals surface area contributed by atoms with E-state index in [0.29, 0.717) is 32.1 Å². The molecule has 7 nitrogen and oxygen atoms in total. The van der Waals surface area contributed by atoms with Crippen LogP contribution in [0.25, 0.3) is 0 Å². The Labute approximate surface area is 112 Å². The molecular weight excluding hydrogens is 254 g/mol. The Balaban J connectivity index is 3.83. The highest BCUT2D eigenvalue weighted by Crippen LogP contribution is 2.13. The second-order valence-corrected chi connectivity index (χ2v) is 4.23. The second kappa shape index (κ2) is 10.3. The maximum Gasteiger partial charge on any atom is 0.305 e. The molecule has 110 valence electrons. The quantitative estimate of drug-likeness (QED) is 0.260. The number of esters is 2. The number of nitrogens with zero attached hydrogens (tertiary/aromatic N) is 1. The molecule has 0 aliphatic rings. The molecule has 7 heteroatoms. The molecule has 0 fully saturated rings. The van der Waals surface area contributed by atoms with Crippen LogP contribution in [0.2, 0.25) is 0 Å². The zero-order valence-electron chi connectivity index (χ0n) is 11.4.